The van der Waals surface area contributed by atoms with Crippen LogP contribution in [0.1, 0.15) is 35.8 Å². The van der Waals surface area contributed by atoms with Crippen LogP contribution in [0.15, 0.2) is 40.7 Å². The predicted octanol–water partition coefficient (Wildman–Crippen LogP) is 5.71. The van der Waals surface area contributed by atoms with Gasteiger partial charge in [-0.05, 0) is 62.6 Å². The fourth-order valence-corrected chi connectivity index (χ4v) is 5.18. The minimum Gasteiger partial charge on any atom is -0.494 e. The highest BCUT2D eigenvalue weighted by Crippen LogP contribution is 2.42. The lowest BCUT2D eigenvalue weighted by molar-refractivity contribution is -0.142. The number of hydrogen-bond donors (Lipinski definition) is 0. The first-order valence-electron chi connectivity index (χ1n) is 8.96. The number of esters is 1. The molecule has 1 aromatic heterocycles. The topological polar surface area (TPSA) is 48.4 Å². The van der Waals surface area contributed by atoms with Crippen LogP contribution in [0.2, 0.25) is 0 Å². The number of carbonyl (C=O) groups is 1. The largest absolute Gasteiger partial charge is 0.494 e. The van der Waals surface area contributed by atoms with Crippen molar-refractivity contribution in [1.82, 2.24) is 4.98 Å². The van der Waals surface area contributed by atoms with Crippen LogP contribution in [0.5, 0.6) is 5.75 Å². The van der Waals surface area contributed by atoms with E-state index in [2.05, 4.69) is 13.0 Å². The minimum atomic E-state index is -0.434. The molecule has 142 valence electrons. The van der Waals surface area contributed by atoms with E-state index in [0.717, 1.165) is 37.0 Å². The summed E-state index contributed by atoms with van der Waals surface area (Å²) in [6, 6.07) is 11.9. The van der Waals surface area contributed by atoms with E-state index in [1.165, 1.54) is 11.8 Å². The maximum Gasteiger partial charge on any atom is 0.324 e. The van der Waals surface area contributed by atoms with Gasteiger partial charge in [-0.15, -0.1) is 11.3 Å². The maximum atomic E-state index is 12.7. The van der Waals surface area contributed by atoms with Crippen molar-refractivity contribution in [3.8, 4) is 5.75 Å². The Morgan fingerprint density at radius 3 is 2.74 bits per heavy atom. The molecule has 0 bridgehead atoms. The van der Waals surface area contributed by atoms with E-state index in [4.69, 9.17) is 14.5 Å². The third kappa shape index (κ3) is 4.45. The van der Waals surface area contributed by atoms with Crippen LogP contribution in [0, 0.1) is 13.8 Å². The van der Waals surface area contributed by atoms with E-state index in [1.807, 2.05) is 51.1 Å². The first-order valence-corrected chi connectivity index (χ1v) is 10.7. The molecule has 0 fully saturated rings. The number of rotatable bonds is 7. The molecule has 1 heterocycles. The molecule has 1 atom stereocenters. The second-order valence-electron chi connectivity index (χ2n) is 6.08. The highest BCUT2D eigenvalue weighted by Gasteiger charge is 2.27. The van der Waals surface area contributed by atoms with Crippen LogP contribution in [-0.2, 0) is 9.53 Å². The van der Waals surface area contributed by atoms with Crippen molar-refractivity contribution in [2.45, 2.75) is 37.3 Å². The maximum absolute atomic E-state index is 12.7. The molecule has 0 saturated carbocycles. The van der Waals surface area contributed by atoms with Gasteiger partial charge in [-0.2, -0.15) is 0 Å². The van der Waals surface area contributed by atoms with Gasteiger partial charge in [0.15, 0.2) is 4.34 Å². The summed E-state index contributed by atoms with van der Waals surface area (Å²) in [5.41, 5.74) is 4.16. The summed E-state index contributed by atoms with van der Waals surface area (Å²) in [5, 5.41) is -0.434. The van der Waals surface area contributed by atoms with Crippen LogP contribution in [0.4, 0.5) is 0 Å². The fraction of sp³-hybridized carbons (Fsp3) is 0.333. The summed E-state index contributed by atoms with van der Waals surface area (Å²) in [5.74, 6) is 0.604. The molecule has 6 heteroatoms. The Labute approximate surface area is 167 Å². The molecule has 2 aromatic carbocycles. The number of hydrogen-bond acceptors (Lipinski definition) is 6. The van der Waals surface area contributed by atoms with Crippen molar-refractivity contribution in [2.75, 3.05) is 13.2 Å². The Morgan fingerprint density at radius 1 is 1.19 bits per heavy atom. The molecule has 0 aliphatic rings. The van der Waals surface area contributed by atoms with Crippen LogP contribution < -0.4 is 4.74 Å². The molecule has 3 rings (SSSR count). The number of ether oxygens (including phenoxy) is 2. The number of thiazole rings is 1. The normalized spacial score (nSPS) is 12.1. The smallest absolute Gasteiger partial charge is 0.324 e. The van der Waals surface area contributed by atoms with Crippen molar-refractivity contribution in [1.29, 1.82) is 0 Å². The van der Waals surface area contributed by atoms with E-state index >= 15 is 0 Å². The van der Waals surface area contributed by atoms with E-state index in [9.17, 15) is 4.79 Å². The highest BCUT2D eigenvalue weighted by atomic mass is 32.2. The van der Waals surface area contributed by atoms with Crippen molar-refractivity contribution < 1.29 is 14.3 Å². The Bertz CT molecular complexity index is 952. The molecule has 0 spiro atoms. The summed E-state index contributed by atoms with van der Waals surface area (Å²) in [4.78, 5) is 17.4. The van der Waals surface area contributed by atoms with Crippen LogP contribution in [0.25, 0.3) is 10.2 Å². The molecular weight excluding hydrogens is 378 g/mol. The van der Waals surface area contributed by atoms with Crippen molar-refractivity contribution >= 4 is 39.3 Å². The van der Waals surface area contributed by atoms with Gasteiger partial charge in [0.25, 0.3) is 0 Å². The van der Waals surface area contributed by atoms with Gasteiger partial charge in [-0.1, -0.05) is 30.0 Å². The Morgan fingerprint density at radius 2 is 2.00 bits per heavy atom. The average Bonchev–Trinajstić information content (AvgIpc) is 3.04. The second-order valence-corrected chi connectivity index (χ2v) is 8.46. The Balaban J connectivity index is 1.95. The molecule has 27 heavy (non-hydrogen) atoms. The van der Waals surface area contributed by atoms with Gasteiger partial charge in [0.1, 0.15) is 11.0 Å². The summed E-state index contributed by atoms with van der Waals surface area (Å²) in [7, 11) is 0. The Hall–Kier alpha value is -2.05. The number of fused-ring (bicyclic) bond motifs is 1. The zero-order valence-electron chi connectivity index (χ0n) is 15.9. The summed E-state index contributed by atoms with van der Waals surface area (Å²) in [6.07, 6.45) is 0. The summed E-state index contributed by atoms with van der Waals surface area (Å²) in [6.45, 7) is 8.88. The molecule has 4 nitrogen and oxygen atoms in total. The quantitative estimate of drug-likeness (QED) is 0.375. The number of carbonyl (C=O) groups excluding carboxylic acids is 1. The predicted molar refractivity (Wildman–Crippen MR) is 112 cm³/mol. The number of nitrogens with zero attached hydrogens (tertiary/aromatic N) is 1. The van der Waals surface area contributed by atoms with Gasteiger partial charge in [0, 0.05) is 0 Å². The molecule has 0 amide bonds. The lowest BCUT2D eigenvalue weighted by Gasteiger charge is -2.17. The number of benzene rings is 2. The summed E-state index contributed by atoms with van der Waals surface area (Å²) < 4.78 is 12.8. The zero-order valence-corrected chi connectivity index (χ0v) is 17.6. The molecule has 0 N–H and O–H groups in total. The fourth-order valence-electron chi connectivity index (χ4n) is 2.81. The van der Waals surface area contributed by atoms with Gasteiger partial charge in [-0.3, -0.25) is 4.79 Å². The van der Waals surface area contributed by atoms with Gasteiger partial charge in [-0.25, -0.2) is 4.98 Å². The third-order valence-corrected chi connectivity index (χ3v) is 6.63. The zero-order chi connectivity index (χ0) is 19.4. The first kappa shape index (κ1) is 19.7. The monoisotopic (exact) mass is 401 g/mol. The van der Waals surface area contributed by atoms with E-state index in [1.54, 1.807) is 11.3 Å². The number of thioether (sulfide) groups is 1. The van der Waals surface area contributed by atoms with E-state index in [0.29, 0.717) is 13.2 Å². The van der Waals surface area contributed by atoms with Crippen LogP contribution in [-0.4, -0.2) is 24.2 Å². The van der Waals surface area contributed by atoms with Crippen LogP contribution in [0.3, 0.4) is 0 Å². The van der Waals surface area contributed by atoms with Gasteiger partial charge >= 0.3 is 5.97 Å². The number of aromatic nitrogens is 1. The lowest BCUT2D eigenvalue weighted by atomic mass is 10.0. The first-order chi connectivity index (χ1) is 13.0. The van der Waals surface area contributed by atoms with Crippen molar-refractivity contribution in [3.05, 3.63) is 53.1 Å². The van der Waals surface area contributed by atoms with Gasteiger partial charge < -0.3 is 9.47 Å². The van der Waals surface area contributed by atoms with E-state index in [-0.39, 0.29) is 5.97 Å². The average molecular weight is 402 g/mol. The molecule has 1 unspecified atom stereocenters. The number of aryl methyl sites for hydroxylation is 1. The molecule has 0 aliphatic carbocycles. The van der Waals surface area contributed by atoms with Gasteiger partial charge in [0.05, 0.1) is 23.4 Å². The summed E-state index contributed by atoms with van der Waals surface area (Å²) >= 11 is 3.02. The van der Waals surface area contributed by atoms with Gasteiger partial charge in [0.2, 0.25) is 0 Å². The van der Waals surface area contributed by atoms with Crippen LogP contribution >= 0.6 is 23.1 Å². The molecular formula is C21H23NO3S2. The third-order valence-electron chi connectivity index (χ3n) is 4.30. The molecule has 3 aromatic rings. The van der Waals surface area contributed by atoms with Crippen molar-refractivity contribution in [3.63, 3.8) is 0 Å². The molecule has 0 aliphatic heterocycles. The van der Waals surface area contributed by atoms with E-state index < -0.39 is 5.25 Å². The molecule has 0 radical (unpaired) electrons. The van der Waals surface area contributed by atoms with Crippen molar-refractivity contribution in [2.24, 2.45) is 0 Å². The minimum absolute atomic E-state index is 0.231. The second kappa shape index (κ2) is 8.76. The lowest BCUT2D eigenvalue weighted by Crippen LogP contribution is -2.14. The standard InChI is InChI=1S/C21H23NO3S2/c1-5-24-15-10-11-17-18(12-15)26-21(22-17)27-19(20(23)25-6-2)16-9-7-8-13(3)14(16)4/h7-12,19H,5-6H2,1-4H3. The highest BCUT2D eigenvalue weighted by molar-refractivity contribution is 8.02. The molecule has 0 saturated heterocycles. The Kier molecular flexibility index (Phi) is 6.39. The SMILES string of the molecule is CCOC(=O)C(Sc1nc2ccc(OCC)cc2s1)c1cccc(C)c1C.